The van der Waals surface area contributed by atoms with E-state index in [0.29, 0.717) is 5.92 Å². The zero-order chi connectivity index (χ0) is 13.1. The Bertz CT molecular complexity index is 520. The second-order valence-corrected chi connectivity index (χ2v) is 6.86. The predicted molar refractivity (Wildman–Crippen MR) is 81.9 cm³/mol. The Labute approximate surface area is 121 Å². The highest BCUT2D eigenvalue weighted by Gasteiger charge is 2.24. The van der Waals surface area contributed by atoms with Crippen LogP contribution in [0.25, 0.3) is 0 Å². The topological polar surface area (TPSA) is 37.8 Å². The molecule has 2 atom stereocenters. The molecule has 0 aliphatic carbocycles. The summed E-state index contributed by atoms with van der Waals surface area (Å²) in [5.41, 5.74) is 1.24. The molecule has 5 heteroatoms. The van der Waals surface area contributed by atoms with Gasteiger partial charge in [0.2, 0.25) is 0 Å². The summed E-state index contributed by atoms with van der Waals surface area (Å²) in [6.45, 7) is 0. The molecule has 1 aromatic carbocycles. The first-order valence-electron chi connectivity index (χ1n) is 6.51. The molecule has 1 saturated heterocycles. The molecule has 0 saturated carbocycles. The third-order valence-corrected chi connectivity index (χ3v) is 5.72. The third kappa shape index (κ3) is 2.83. The summed E-state index contributed by atoms with van der Waals surface area (Å²) in [6.07, 6.45) is 1.24. The molecular weight excluding hydrogens is 274 g/mol. The summed E-state index contributed by atoms with van der Waals surface area (Å²) in [6, 6.07) is 10.6. The van der Waals surface area contributed by atoms with Crippen LogP contribution in [0.5, 0.6) is 0 Å². The highest BCUT2D eigenvalue weighted by atomic mass is 32.2. The fourth-order valence-corrected chi connectivity index (χ4v) is 4.79. The van der Waals surface area contributed by atoms with E-state index < -0.39 is 0 Å². The largest absolute Gasteiger partial charge is 0.307 e. The highest BCUT2D eigenvalue weighted by Crippen LogP contribution is 2.35. The maximum Gasteiger partial charge on any atom is 0.139 e. The molecule has 100 valence electrons. The SMILES string of the molecule is CNC(c1ccccc1)c1nnc(C2CCSC2)s1. The number of nitrogens with zero attached hydrogens (tertiary/aromatic N) is 2. The van der Waals surface area contributed by atoms with Crippen molar-refractivity contribution in [2.75, 3.05) is 18.6 Å². The predicted octanol–water partition coefficient (Wildman–Crippen LogP) is 3.07. The normalized spacial score (nSPS) is 20.6. The minimum atomic E-state index is 0.154. The van der Waals surface area contributed by atoms with E-state index in [0.717, 1.165) is 5.01 Å². The van der Waals surface area contributed by atoms with E-state index in [1.807, 2.05) is 24.9 Å². The van der Waals surface area contributed by atoms with E-state index in [9.17, 15) is 0 Å². The van der Waals surface area contributed by atoms with Crippen LogP contribution in [0.1, 0.15) is 34.0 Å². The van der Waals surface area contributed by atoms with Gasteiger partial charge in [0.25, 0.3) is 0 Å². The molecule has 1 fully saturated rings. The monoisotopic (exact) mass is 291 g/mol. The summed E-state index contributed by atoms with van der Waals surface area (Å²) in [5.74, 6) is 3.07. The number of hydrogen-bond acceptors (Lipinski definition) is 5. The van der Waals surface area contributed by atoms with Gasteiger partial charge < -0.3 is 5.32 Å². The number of nitrogens with one attached hydrogen (secondary N) is 1. The van der Waals surface area contributed by atoms with Gasteiger partial charge in [0.05, 0.1) is 6.04 Å². The van der Waals surface area contributed by atoms with Crippen molar-refractivity contribution in [2.24, 2.45) is 0 Å². The molecule has 0 spiro atoms. The average Bonchev–Trinajstić information content (AvgIpc) is 3.11. The maximum absolute atomic E-state index is 4.41. The molecule has 2 heterocycles. The summed E-state index contributed by atoms with van der Waals surface area (Å²) in [5, 5.41) is 14.4. The second-order valence-electron chi connectivity index (χ2n) is 4.67. The Morgan fingerprint density at radius 3 is 2.79 bits per heavy atom. The fourth-order valence-electron chi connectivity index (χ4n) is 2.34. The van der Waals surface area contributed by atoms with Gasteiger partial charge in [0.1, 0.15) is 10.0 Å². The van der Waals surface area contributed by atoms with E-state index in [1.54, 1.807) is 11.3 Å². The van der Waals surface area contributed by atoms with Gasteiger partial charge in [0.15, 0.2) is 0 Å². The highest BCUT2D eigenvalue weighted by molar-refractivity contribution is 7.99. The van der Waals surface area contributed by atoms with Crippen LogP contribution in [-0.4, -0.2) is 28.8 Å². The smallest absolute Gasteiger partial charge is 0.139 e. The molecule has 1 aliphatic rings. The van der Waals surface area contributed by atoms with Crippen LogP contribution in [0, 0.1) is 0 Å². The number of benzene rings is 1. The molecule has 3 rings (SSSR count). The van der Waals surface area contributed by atoms with Crippen molar-refractivity contribution in [3.63, 3.8) is 0 Å². The molecule has 2 unspecified atom stereocenters. The summed E-state index contributed by atoms with van der Waals surface area (Å²) < 4.78 is 0. The zero-order valence-electron chi connectivity index (χ0n) is 10.9. The van der Waals surface area contributed by atoms with Gasteiger partial charge in [0, 0.05) is 11.7 Å². The van der Waals surface area contributed by atoms with Crippen LogP contribution in [0.15, 0.2) is 30.3 Å². The first-order valence-corrected chi connectivity index (χ1v) is 8.49. The van der Waals surface area contributed by atoms with Crippen molar-refractivity contribution >= 4 is 23.1 Å². The van der Waals surface area contributed by atoms with Crippen molar-refractivity contribution in [3.05, 3.63) is 45.9 Å². The van der Waals surface area contributed by atoms with Crippen molar-refractivity contribution < 1.29 is 0 Å². The van der Waals surface area contributed by atoms with Crippen molar-refractivity contribution in [1.82, 2.24) is 15.5 Å². The Morgan fingerprint density at radius 1 is 1.26 bits per heavy atom. The first kappa shape index (κ1) is 13.1. The Kier molecular flexibility index (Phi) is 4.15. The standard InChI is InChI=1S/C14H17N3S2/c1-15-12(10-5-3-2-4-6-10)14-17-16-13(19-14)11-7-8-18-9-11/h2-6,11-12,15H,7-9H2,1H3. The summed E-state index contributed by atoms with van der Waals surface area (Å²) in [7, 11) is 1.98. The summed E-state index contributed by atoms with van der Waals surface area (Å²) in [4.78, 5) is 0. The van der Waals surface area contributed by atoms with Gasteiger partial charge >= 0.3 is 0 Å². The molecular formula is C14H17N3S2. The molecule has 0 radical (unpaired) electrons. The van der Waals surface area contributed by atoms with Gasteiger partial charge in [-0.25, -0.2) is 0 Å². The van der Waals surface area contributed by atoms with E-state index >= 15 is 0 Å². The molecule has 0 amide bonds. The lowest BCUT2D eigenvalue weighted by molar-refractivity contribution is 0.674. The van der Waals surface area contributed by atoms with Gasteiger partial charge in [-0.15, -0.1) is 10.2 Å². The van der Waals surface area contributed by atoms with Crippen LogP contribution in [0.3, 0.4) is 0 Å². The van der Waals surface area contributed by atoms with E-state index in [4.69, 9.17) is 0 Å². The fraction of sp³-hybridized carbons (Fsp3) is 0.429. The molecule has 19 heavy (non-hydrogen) atoms. The molecule has 1 N–H and O–H groups in total. The average molecular weight is 291 g/mol. The Balaban J connectivity index is 1.84. The molecule has 2 aromatic rings. The quantitative estimate of drug-likeness (QED) is 0.939. The van der Waals surface area contributed by atoms with Crippen molar-refractivity contribution in [2.45, 2.75) is 18.4 Å². The van der Waals surface area contributed by atoms with Crippen LogP contribution < -0.4 is 5.32 Å². The van der Waals surface area contributed by atoms with E-state index in [2.05, 4.69) is 39.8 Å². The van der Waals surface area contributed by atoms with Gasteiger partial charge in [-0.05, 0) is 24.8 Å². The number of hydrogen-bond donors (Lipinski definition) is 1. The lowest BCUT2D eigenvalue weighted by Gasteiger charge is -2.12. The van der Waals surface area contributed by atoms with Crippen LogP contribution in [0.4, 0.5) is 0 Å². The van der Waals surface area contributed by atoms with Crippen molar-refractivity contribution in [1.29, 1.82) is 0 Å². The van der Waals surface area contributed by atoms with Crippen LogP contribution in [0.2, 0.25) is 0 Å². The molecule has 3 nitrogen and oxygen atoms in total. The molecule has 1 aliphatic heterocycles. The van der Waals surface area contributed by atoms with E-state index in [1.165, 1.54) is 28.5 Å². The second kappa shape index (κ2) is 6.03. The maximum atomic E-state index is 4.41. The zero-order valence-corrected chi connectivity index (χ0v) is 12.5. The lowest BCUT2D eigenvalue weighted by atomic mass is 10.1. The van der Waals surface area contributed by atoms with Gasteiger partial charge in [-0.3, -0.25) is 0 Å². The Hall–Kier alpha value is -0.910. The summed E-state index contributed by atoms with van der Waals surface area (Å²) >= 11 is 3.78. The Morgan fingerprint density at radius 2 is 2.11 bits per heavy atom. The number of rotatable bonds is 4. The number of aromatic nitrogens is 2. The van der Waals surface area contributed by atoms with Crippen LogP contribution >= 0.6 is 23.1 Å². The number of thioether (sulfide) groups is 1. The molecule has 0 bridgehead atoms. The van der Waals surface area contributed by atoms with Gasteiger partial charge in [-0.1, -0.05) is 41.7 Å². The first-order chi connectivity index (χ1) is 9.38. The third-order valence-electron chi connectivity index (χ3n) is 3.40. The van der Waals surface area contributed by atoms with Crippen LogP contribution in [-0.2, 0) is 0 Å². The lowest BCUT2D eigenvalue weighted by Crippen LogP contribution is -2.17. The van der Waals surface area contributed by atoms with E-state index in [-0.39, 0.29) is 6.04 Å². The van der Waals surface area contributed by atoms with Gasteiger partial charge in [-0.2, -0.15) is 11.8 Å². The minimum absolute atomic E-state index is 0.154. The van der Waals surface area contributed by atoms with Crippen molar-refractivity contribution in [3.8, 4) is 0 Å². The molecule has 1 aromatic heterocycles. The minimum Gasteiger partial charge on any atom is -0.307 e.